The highest BCUT2D eigenvalue weighted by Gasteiger charge is 2.33. The van der Waals surface area contributed by atoms with Gasteiger partial charge in [0.2, 0.25) is 0 Å². The molecule has 116 valence electrons. The lowest BCUT2D eigenvalue weighted by atomic mass is 9.91. The number of carbonyl (C=O) groups is 1. The van der Waals surface area contributed by atoms with Gasteiger partial charge in [-0.15, -0.1) is 11.3 Å². The van der Waals surface area contributed by atoms with Crippen LogP contribution in [0.3, 0.4) is 0 Å². The third kappa shape index (κ3) is 2.93. The Morgan fingerprint density at radius 1 is 1.38 bits per heavy atom. The van der Waals surface area contributed by atoms with Gasteiger partial charge in [-0.1, -0.05) is 0 Å². The Morgan fingerprint density at radius 3 is 3.00 bits per heavy atom. The molecule has 0 bridgehead atoms. The van der Waals surface area contributed by atoms with Gasteiger partial charge in [-0.25, -0.2) is 4.98 Å². The smallest absolute Gasteiger partial charge is 0.315 e. The van der Waals surface area contributed by atoms with Crippen LogP contribution in [0.4, 0.5) is 5.13 Å². The molecule has 2 aliphatic rings. The number of ether oxygens (including phenoxy) is 1. The molecule has 1 aliphatic carbocycles. The molecule has 2 heterocycles. The van der Waals surface area contributed by atoms with Crippen LogP contribution in [0.2, 0.25) is 0 Å². The van der Waals surface area contributed by atoms with Crippen LogP contribution in [0.15, 0.2) is 0 Å². The summed E-state index contributed by atoms with van der Waals surface area (Å²) in [4.78, 5) is 20.7. The standard InChI is InChI=1S/C16H24N2O2S/c1-3-20-15(19)12-8-6-9-13-14(12)17-16(21-13)18-10-5-4-7-11(18)2/h11-12H,3-10H2,1-2H3. The number of anilines is 1. The van der Waals surface area contributed by atoms with Gasteiger partial charge in [-0.05, 0) is 52.4 Å². The Kier molecular flexibility index (Phi) is 4.48. The third-order valence-corrected chi connectivity index (χ3v) is 5.73. The first kappa shape index (κ1) is 14.8. The lowest BCUT2D eigenvalue weighted by Crippen LogP contribution is -2.37. The fourth-order valence-corrected chi connectivity index (χ4v) is 4.67. The summed E-state index contributed by atoms with van der Waals surface area (Å²) in [6, 6.07) is 0.562. The van der Waals surface area contributed by atoms with Crippen LogP contribution in [0.1, 0.15) is 62.4 Å². The molecule has 0 amide bonds. The van der Waals surface area contributed by atoms with E-state index in [4.69, 9.17) is 9.72 Å². The number of nitrogens with zero attached hydrogens (tertiary/aromatic N) is 2. The van der Waals surface area contributed by atoms with E-state index < -0.39 is 0 Å². The van der Waals surface area contributed by atoms with Crippen molar-refractivity contribution >= 4 is 22.4 Å². The van der Waals surface area contributed by atoms with E-state index in [0.717, 1.165) is 36.6 Å². The van der Waals surface area contributed by atoms with Gasteiger partial charge in [0.05, 0.1) is 12.3 Å². The zero-order valence-electron chi connectivity index (χ0n) is 12.9. The Bertz CT molecular complexity index is 514. The lowest BCUT2D eigenvalue weighted by molar-refractivity contribution is -0.145. The zero-order valence-corrected chi connectivity index (χ0v) is 13.7. The molecule has 1 aromatic rings. The summed E-state index contributed by atoms with van der Waals surface area (Å²) in [7, 11) is 0. The van der Waals surface area contributed by atoms with Crippen molar-refractivity contribution in [1.29, 1.82) is 0 Å². The quantitative estimate of drug-likeness (QED) is 0.802. The van der Waals surface area contributed by atoms with Gasteiger partial charge in [0.15, 0.2) is 5.13 Å². The van der Waals surface area contributed by atoms with Crippen LogP contribution >= 0.6 is 11.3 Å². The monoisotopic (exact) mass is 308 g/mol. The number of aryl methyl sites for hydroxylation is 1. The van der Waals surface area contributed by atoms with E-state index in [9.17, 15) is 4.79 Å². The maximum Gasteiger partial charge on any atom is 0.315 e. The van der Waals surface area contributed by atoms with E-state index in [1.807, 2.05) is 6.92 Å². The summed E-state index contributed by atoms with van der Waals surface area (Å²) < 4.78 is 5.23. The number of esters is 1. The number of carbonyl (C=O) groups excluding carboxylic acids is 1. The van der Waals surface area contributed by atoms with Gasteiger partial charge in [0, 0.05) is 17.5 Å². The van der Waals surface area contributed by atoms with Crippen LogP contribution in [0, 0.1) is 0 Å². The van der Waals surface area contributed by atoms with Gasteiger partial charge in [0.25, 0.3) is 0 Å². The Balaban J connectivity index is 1.85. The molecule has 0 N–H and O–H groups in total. The Morgan fingerprint density at radius 2 is 2.24 bits per heavy atom. The van der Waals surface area contributed by atoms with Crippen LogP contribution in [0.5, 0.6) is 0 Å². The number of fused-ring (bicyclic) bond motifs is 1. The first-order chi connectivity index (χ1) is 10.2. The molecule has 2 atom stereocenters. The second-order valence-electron chi connectivity index (χ2n) is 6.04. The van der Waals surface area contributed by atoms with Gasteiger partial charge >= 0.3 is 5.97 Å². The highest BCUT2D eigenvalue weighted by molar-refractivity contribution is 7.15. The van der Waals surface area contributed by atoms with Crippen molar-refractivity contribution in [1.82, 2.24) is 4.98 Å². The van der Waals surface area contributed by atoms with E-state index in [0.29, 0.717) is 12.6 Å². The normalized spacial score (nSPS) is 25.5. The van der Waals surface area contributed by atoms with Gasteiger partial charge < -0.3 is 9.64 Å². The highest BCUT2D eigenvalue weighted by atomic mass is 32.1. The molecule has 1 fully saturated rings. The summed E-state index contributed by atoms with van der Waals surface area (Å²) in [6.45, 7) is 5.69. The van der Waals surface area contributed by atoms with E-state index in [1.165, 1.54) is 24.1 Å². The van der Waals surface area contributed by atoms with E-state index >= 15 is 0 Å². The SMILES string of the molecule is CCOC(=O)C1CCCc2sc(N3CCCCC3C)nc21. The number of thiazole rings is 1. The van der Waals surface area contributed by atoms with Gasteiger partial charge in [0.1, 0.15) is 5.92 Å². The van der Waals surface area contributed by atoms with Crippen LogP contribution in [0.25, 0.3) is 0 Å². The molecule has 1 aromatic heterocycles. The molecule has 0 saturated carbocycles. The van der Waals surface area contributed by atoms with Gasteiger partial charge in [-0.3, -0.25) is 4.79 Å². The van der Waals surface area contributed by atoms with Crippen molar-refractivity contribution in [3.05, 3.63) is 10.6 Å². The average molecular weight is 308 g/mol. The summed E-state index contributed by atoms with van der Waals surface area (Å²) in [5.74, 6) is -0.235. The number of hydrogen-bond donors (Lipinski definition) is 0. The minimum atomic E-state index is -0.140. The van der Waals surface area contributed by atoms with Crippen LogP contribution in [-0.4, -0.2) is 30.1 Å². The minimum absolute atomic E-state index is 0.0954. The topological polar surface area (TPSA) is 42.4 Å². The zero-order chi connectivity index (χ0) is 14.8. The van der Waals surface area contributed by atoms with Crippen LogP contribution < -0.4 is 4.90 Å². The maximum absolute atomic E-state index is 12.1. The summed E-state index contributed by atoms with van der Waals surface area (Å²) >= 11 is 1.79. The summed E-state index contributed by atoms with van der Waals surface area (Å²) in [6.07, 6.45) is 6.80. The molecule has 3 rings (SSSR count). The number of piperidine rings is 1. The van der Waals surface area contributed by atoms with Gasteiger partial charge in [-0.2, -0.15) is 0 Å². The number of rotatable bonds is 3. The minimum Gasteiger partial charge on any atom is -0.465 e. The first-order valence-electron chi connectivity index (χ1n) is 8.13. The third-order valence-electron chi connectivity index (χ3n) is 4.56. The second-order valence-corrected chi connectivity index (χ2v) is 7.10. The van der Waals surface area contributed by atoms with E-state index in [-0.39, 0.29) is 11.9 Å². The molecule has 4 nitrogen and oxygen atoms in total. The van der Waals surface area contributed by atoms with E-state index in [2.05, 4.69) is 11.8 Å². The largest absolute Gasteiger partial charge is 0.465 e. The van der Waals surface area contributed by atoms with Crippen LogP contribution in [-0.2, 0) is 16.0 Å². The Hall–Kier alpha value is -1.10. The molecular weight excluding hydrogens is 284 g/mol. The molecule has 2 unspecified atom stereocenters. The van der Waals surface area contributed by atoms with Crippen molar-refractivity contribution in [2.24, 2.45) is 0 Å². The van der Waals surface area contributed by atoms with Crippen molar-refractivity contribution in [3.63, 3.8) is 0 Å². The van der Waals surface area contributed by atoms with Crippen molar-refractivity contribution in [3.8, 4) is 0 Å². The molecule has 0 spiro atoms. The van der Waals surface area contributed by atoms with Crippen molar-refractivity contribution in [2.75, 3.05) is 18.1 Å². The van der Waals surface area contributed by atoms with Crippen molar-refractivity contribution < 1.29 is 9.53 Å². The molecule has 5 heteroatoms. The molecular formula is C16H24N2O2S. The molecule has 0 aromatic carbocycles. The molecule has 0 radical (unpaired) electrons. The molecule has 1 aliphatic heterocycles. The van der Waals surface area contributed by atoms with Crippen molar-refractivity contribution in [2.45, 2.75) is 64.3 Å². The summed E-state index contributed by atoms with van der Waals surface area (Å²) in [5, 5.41) is 1.11. The highest BCUT2D eigenvalue weighted by Crippen LogP contribution is 2.39. The number of hydrogen-bond acceptors (Lipinski definition) is 5. The van der Waals surface area contributed by atoms with E-state index in [1.54, 1.807) is 11.3 Å². The predicted molar refractivity (Wildman–Crippen MR) is 85.1 cm³/mol. The fraction of sp³-hybridized carbons (Fsp3) is 0.750. The molecule has 1 saturated heterocycles. The fourth-order valence-electron chi connectivity index (χ4n) is 3.38. The lowest BCUT2D eigenvalue weighted by Gasteiger charge is -2.33. The average Bonchev–Trinajstić information content (AvgIpc) is 2.91. The maximum atomic E-state index is 12.1. The number of aromatic nitrogens is 1. The predicted octanol–water partition coefficient (Wildman–Crippen LogP) is 3.50. The second kappa shape index (κ2) is 6.34. The first-order valence-corrected chi connectivity index (χ1v) is 8.95. The Labute approximate surface area is 130 Å². The molecule has 21 heavy (non-hydrogen) atoms. The summed E-state index contributed by atoms with van der Waals surface area (Å²) in [5.41, 5.74) is 0.998.